The summed E-state index contributed by atoms with van der Waals surface area (Å²) in [5.41, 5.74) is 0. The van der Waals surface area contributed by atoms with Crippen LogP contribution in [0.1, 0.15) is 50.3 Å². The van der Waals surface area contributed by atoms with E-state index < -0.39 is 0 Å². The molecule has 3 rings (SSSR count). The van der Waals surface area contributed by atoms with Gasteiger partial charge in [-0.3, -0.25) is 0 Å². The zero-order valence-electron chi connectivity index (χ0n) is 12.1. The topological polar surface area (TPSA) is 70.1 Å². The zero-order valence-corrected chi connectivity index (χ0v) is 12.1. The maximum absolute atomic E-state index is 10.0. The molecule has 2 aliphatic carbocycles. The largest absolute Gasteiger partial charge is 0.393 e. The fourth-order valence-corrected chi connectivity index (χ4v) is 2.87. The minimum Gasteiger partial charge on any atom is -0.393 e. The van der Waals surface area contributed by atoms with E-state index in [0.717, 1.165) is 43.3 Å². The highest BCUT2D eigenvalue weighted by atomic mass is 16.3. The van der Waals surface area contributed by atoms with Crippen molar-refractivity contribution in [3.8, 4) is 0 Å². The summed E-state index contributed by atoms with van der Waals surface area (Å²) < 4.78 is 0. The van der Waals surface area contributed by atoms with Gasteiger partial charge in [-0.05, 0) is 25.7 Å². The molecule has 2 saturated carbocycles. The van der Waals surface area contributed by atoms with Crippen molar-refractivity contribution in [2.45, 2.75) is 50.5 Å². The van der Waals surface area contributed by atoms with Crippen molar-refractivity contribution >= 4 is 11.6 Å². The number of aliphatic hydroxyl groups is 1. The summed E-state index contributed by atoms with van der Waals surface area (Å²) in [4.78, 5) is 9.12. The van der Waals surface area contributed by atoms with Crippen LogP contribution in [0.15, 0.2) is 6.07 Å². The van der Waals surface area contributed by atoms with Crippen LogP contribution in [0.3, 0.4) is 0 Å². The number of anilines is 2. The molecule has 2 fully saturated rings. The van der Waals surface area contributed by atoms with E-state index in [9.17, 15) is 5.11 Å². The van der Waals surface area contributed by atoms with E-state index in [2.05, 4.69) is 20.6 Å². The van der Waals surface area contributed by atoms with Gasteiger partial charge in [0.1, 0.15) is 17.5 Å². The van der Waals surface area contributed by atoms with Gasteiger partial charge in [0.25, 0.3) is 0 Å². The Morgan fingerprint density at radius 1 is 1.15 bits per heavy atom. The second-order valence-corrected chi connectivity index (χ2v) is 6.01. The summed E-state index contributed by atoms with van der Waals surface area (Å²) in [6.45, 7) is 0.797. The molecule has 2 aliphatic rings. The lowest BCUT2D eigenvalue weighted by molar-refractivity contribution is 0.0763. The van der Waals surface area contributed by atoms with Crippen molar-refractivity contribution in [3.63, 3.8) is 0 Å². The lowest BCUT2D eigenvalue weighted by Gasteiger charge is -2.27. The third-order valence-corrected chi connectivity index (χ3v) is 4.36. The van der Waals surface area contributed by atoms with Crippen LogP contribution in [-0.4, -0.2) is 34.8 Å². The first-order valence-electron chi connectivity index (χ1n) is 7.75. The van der Waals surface area contributed by atoms with Gasteiger partial charge in [-0.2, -0.15) is 0 Å². The van der Waals surface area contributed by atoms with Gasteiger partial charge in [-0.25, -0.2) is 9.97 Å². The monoisotopic (exact) mass is 276 g/mol. The lowest BCUT2D eigenvalue weighted by atomic mass is 9.86. The Kier molecular flexibility index (Phi) is 4.05. The summed E-state index contributed by atoms with van der Waals surface area (Å²) in [5, 5.41) is 16.5. The minimum absolute atomic E-state index is 0.162. The molecule has 1 aromatic rings. The van der Waals surface area contributed by atoms with Crippen LogP contribution in [0.25, 0.3) is 0 Å². The van der Waals surface area contributed by atoms with Crippen molar-refractivity contribution in [3.05, 3.63) is 11.9 Å². The van der Waals surface area contributed by atoms with Gasteiger partial charge < -0.3 is 15.7 Å². The molecular formula is C15H24N4O. The fourth-order valence-electron chi connectivity index (χ4n) is 2.87. The molecule has 1 aromatic heterocycles. The Balaban J connectivity index is 1.65. The van der Waals surface area contributed by atoms with Crippen LogP contribution in [0.4, 0.5) is 11.6 Å². The summed E-state index contributed by atoms with van der Waals surface area (Å²) in [5.74, 6) is 3.59. The molecule has 0 aromatic carbocycles. The minimum atomic E-state index is -0.162. The molecule has 0 amide bonds. The summed E-state index contributed by atoms with van der Waals surface area (Å²) in [6, 6.07) is 1.95. The SMILES string of the molecule is CNc1cc(NCC2CCCCC2O)nc(C2CC2)n1. The van der Waals surface area contributed by atoms with Crippen molar-refractivity contribution in [1.29, 1.82) is 0 Å². The van der Waals surface area contributed by atoms with Gasteiger partial charge in [0, 0.05) is 31.5 Å². The molecular weight excluding hydrogens is 252 g/mol. The Labute approximate surface area is 120 Å². The lowest BCUT2D eigenvalue weighted by Crippen LogP contribution is -2.30. The standard InChI is InChI=1S/C15H24N4O/c1-16-13-8-14(19-15(18-13)10-6-7-10)17-9-11-4-2-3-5-12(11)20/h8,10-12,20H,2-7,9H2,1H3,(H2,16,17,18,19). The highest BCUT2D eigenvalue weighted by Gasteiger charge is 2.27. The number of aliphatic hydroxyl groups excluding tert-OH is 1. The number of nitrogens with one attached hydrogen (secondary N) is 2. The third-order valence-electron chi connectivity index (χ3n) is 4.36. The first-order valence-corrected chi connectivity index (χ1v) is 7.75. The normalized spacial score (nSPS) is 26.3. The predicted octanol–water partition coefficient (Wildman–Crippen LogP) is 2.36. The highest BCUT2D eigenvalue weighted by Crippen LogP contribution is 2.38. The molecule has 2 atom stereocenters. The molecule has 110 valence electrons. The molecule has 2 unspecified atom stereocenters. The molecule has 1 heterocycles. The Hall–Kier alpha value is -1.36. The van der Waals surface area contributed by atoms with Crippen LogP contribution in [0, 0.1) is 5.92 Å². The Morgan fingerprint density at radius 3 is 2.60 bits per heavy atom. The summed E-state index contributed by atoms with van der Waals surface area (Å²) in [6.07, 6.45) is 6.66. The van der Waals surface area contributed by atoms with Gasteiger partial charge in [0.2, 0.25) is 0 Å². The zero-order chi connectivity index (χ0) is 13.9. The molecule has 20 heavy (non-hydrogen) atoms. The second kappa shape index (κ2) is 5.95. The summed E-state index contributed by atoms with van der Waals surface area (Å²) in [7, 11) is 1.88. The van der Waals surface area contributed by atoms with Gasteiger partial charge in [0.15, 0.2) is 0 Å². The number of hydrogen-bond donors (Lipinski definition) is 3. The third kappa shape index (κ3) is 3.20. The van der Waals surface area contributed by atoms with E-state index in [0.29, 0.717) is 11.8 Å². The van der Waals surface area contributed by atoms with Gasteiger partial charge in [-0.15, -0.1) is 0 Å². The molecule has 3 N–H and O–H groups in total. The van der Waals surface area contributed by atoms with Gasteiger partial charge >= 0.3 is 0 Å². The number of rotatable bonds is 5. The Bertz CT molecular complexity index is 461. The maximum atomic E-state index is 10.0. The fraction of sp³-hybridized carbons (Fsp3) is 0.733. The predicted molar refractivity (Wildman–Crippen MR) is 80.0 cm³/mol. The van der Waals surface area contributed by atoms with Crippen LogP contribution in [0.5, 0.6) is 0 Å². The molecule has 0 saturated heterocycles. The highest BCUT2D eigenvalue weighted by molar-refractivity contribution is 5.47. The van der Waals surface area contributed by atoms with E-state index >= 15 is 0 Å². The number of nitrogens with zero attached hydrogens (tertiary/aromatic N) is 2. The van der Waals surface area contributed by atoms with Crippen LogP contribution in [-0.2, 0) is 0 Å². The first-order chi connectivity index (χ1) is 9.76. The first kappa shape index (κ1) is 13.6. The van der Waals surface area contributed by atoms with E-state index in [-0.39, 0.29) is 6.10 Å². The average molecular weight is 276 g/mol. The smallest absolute Gasteiger partial charge is 0.136 e. The van der Waals surface area contributed by atoms with Crippen LogP contribution < -0.4 is 10.6 Å². The van der Waals surface area contributed by atoms with Crippen LogP contribution in [0.2, 0.25) is 0 Å². The molecule has 0 bridgehead atoms. The Morgan fingerprint density at radius 2 is 1.90 bits per heavy atom. The van der Waals surface area contributed by atoms with Crippen molar-refractivity contribution in [2.75, 3.05) is 24.2 Å². The van der Waals surface area contributed by atoms with Crippen molar-refractivity contribution in [1.82, 2.24) is 9.97 Å². The van der Waals surface area contributed by atoms with E-state index in [4.69, 9.17) is 0 Å². The van der Waals surface area contributed by atoms with Crippen molar-refractivity contribution in [2.24, 2.45) is 5.92 Å². The van der Waals surface area contributed by atoms with E-state index in [1.807, 2.05) is 13.1 Å². The maximum Gasteiger partial charge on any atom is 0.136 e. The molecule has 0 spiro atoms. The average Bonchev–Trinajstić information content (AvgIpc) is 3.31. The van der Waals surface area contributed by atoms with Crippen LogP contribution >= 0.6 is 0 Å². The molecule has 5 nitrogen and oxygen atoms in total. The van der Waals surface area contributed by atoms with E-state index in [1.54, 1.807) is 0 Å². The number of aromatic nitrogens is 2. The molecule has 0 radical (unpaired) electrons. The van der Waals surface area contributed by atoms with Gasteiger partial charge in [-0.1, -0.05) is 12.8 Å². The molecule has 0 aliphatic heterocycles. The van der Waals surface area contributed by atoms with Gasteiger partial charge in [0.05, 0.1) is 6.10 Å². The number of hydrogen-bond acceptors (Lipinski definition) is 5. The quantitative estimate of drug-likeness (QED) is 0.770. The van der Waals surface area contributed by atoms with E-state index in [1.165, 1.54) is 19.3 Å². The second-order valence-electron chi connectivity index (χ2n) is 6.01. The van der Waals surface area contributed by atoms with Crippen molar-refractivity contribution < 1.29 is 5.11 Å². The summed E-state index contributed by atoms with van der Waals surface area (Å²) >= 11 is 0. The molecule has 5 heteroatoms.